The van der Waals surface area contributed by atoms with Gasteiger partial charge >= 0.3 is 5.97 Å². The maximum Gasteiger partial charge on any atom is 0.302 e. The normalized spacial score (nSPS) is 45.8. The third kappa shape index (κ3) is 4.14. The van der Waals surface area contributed by atoms with Gasteiger partial charge in [0.1, 0.15) is 6.10 Å². The highest BCUT2D eigenvalue weighted by Crippen LogP contribution is 2.71. The zero-order valence-electron chi connectivity index (χ0n) is 22.8. The Bertz CT molecular complexity index is 794. The van der Waals surface area contributed by atoms with Crippen molar-refractivity contribution in [3.63, 3.8) is 0 Å². The Morgan fingerprint density at radius 3 is 2.35 bits per heavy atom. The molecule has 0 aromatic carbocycles. The van der Waals surface area contributed by atoms with Crippen LogP contribution in [0.2, 0.25) is 0 Å². The molecule has 4 aliphatic rings. The molecule has 3 nitrogen and oxygen atoms in total. The number of rotatable bonds is 6. The van der Waals surface area contributed by atoms with Crippen molar-refractivity contribution in [1.29, 1.82) is 0 Å². The van der Waals surface area contributed by atoms with E-state index in [0.29, 0.717) is 35.4 Å². The van der Waals surface area contributed by atoms with Gasteiger partial charge in [0, 0.05) is 13.3 Å². The fraction of sp³-hybridized carbons (Fsp3) is 0.933. The molecule has 4 heteroatoms. The van der Waals surface area contributed by atoms with Gasteiger partial charge in [0.25, 0.3) is 0 Å². The molecule has 194 valence electrons. The lowest BCUT2D eigenvalue weighted by atomic mass is 9.44. The Kier molecular flexibility index (Phi) is 7.45. The summed E-state index contributed by atoms with van der Waals surface area (Å²) in [4.78, 5) is 25.8. The number of ketones is 1. The molecule has 4 saturated carbocycles. The Labute approximate surface area is 217 Å². The van der Waals surface area contributed by atoms with E-state index < -0.39 is 4.32 Å². The Hall–Kier alpha value is -0.380. The van der Waals surface area contributed by atoms with Crippen LogP contribution < -0.4 is 0 Å². The fourth-order valence-electron chi connectivity index (χ4n) is 9.31. The lowest BCUT2D eigenvalue weighted by molar-refractivity contribution is -0.163. The van der Waals surface area contributed by atoms with Crippen molar-refractivity contribution in [1.82, 2.24) is 0 Å². The molecule has 0 N–H and O–H groups in total. The SMILES string of the molecule is CC(=O)O[C@@H]1CC[C@@]2(C)[C@@H](CC[C@H]3[C@@H]4CC[C@H]([C@H](C)CC[C@H](C)C(C)C)[C@@]4(C)CC(=O)[C@@]32Br)C1. The first-order chi connectivity index (χ1) is 15.8. The predicted molar refractivity (Wildman–Crippen MR) is 142 cm³/mol. The van der Waals surface area contributed by atoms with E-state index in [0.717, 1.165) is 50.4 Å². The van der Waals surface area contributed by atoms with E-state index in [1.807, 2.05) is 0 Å². The lowest BCUT2D eigenvalue weighted by Gasteiger charge is -2.64. The molecule has 0 aliphatic heterocycles. The van der Waals surface area contributed by atoms with E-state index in [1.165, 1.54) is 32.6 Å². The monoisotopic (exact) mass is 536 g/mol. The van der Waals surface area contributed by atoms with E-state index in [1.54, 1.807) is 0 Å². The number of halogens is 1. The van der Waals surface area contributed by atoms with Crippen molar-refractivity contribution in [3.05, 3.63) is 0 Å². The van der Waals surface area contributed by atoms with Crippen LogP contribution in [0, 0.1) is 52.3 Å². The zero-order valence-corrected chi connectivity index (χ0v) is 24.4. The number of carbonyl (C=O) groups is 2. The van der Waals surface area contributed by atoms with Crippen LogP contribution in [0.25, 0.3) is 0 Å². The number of esters is 1. The Morgan fingerprint density at radius 1 is 1.03 bits per heavy atom. The topological polar surface area (TPSA) is 43.4 Å². The minimum atomic E-state index is -0.404. The summed E-state index contributed by atoms with van der Waals surface area (Å²) in [5.41, 5.74) is 0.110. The Morgan fingerprint density at radius 2 is 1.71 bits per heavy atom. The first-order valence-corrected chi connectivity index (χ1v) is 15.0. The van der Waals surface area contributed by atoms with Crippen LogP contribution in [-0.2, 0) is 14.3 Å². The molecule has 0 aromatic heterocycles. The number of carbonyl (C=O) groups excluding carboxylic acids is 2. The number of hydrogen-bond acceptors (Lipinski definition) is 3. The standard InChI is InChI=1S/C30H49BrO3/c1-18(2)19(3)8-9-20(4)24-12-13-25-26-11-10-22-16-23(34-21(5)32)14-15-29(22,7)30(26,31)27(33)17-28(24,25)6/h18-20,22-26H,8-17H2,1-7H3/t19-,20+,22-,23+,24+,25-,26-,28+,29-,30-/m0/s1. The molecule has 0 amide bonds. The lowest BCUT2D eigenvalue weighted by Crippen LogP contribution is -2.67. The molecule has 34 heavy (non-hydrogen) atoms. The largest absolute Gasteiger partial charge is 0.463 e. The smallest absolute Gasteiger partial charge is 0.302 e. The van der Waals surface area contributed by atoms with Crippen LogP contribution in [-0.4, -0.2) is 22.2 Å². The second kappa shape index (κ2) is 9.49. The minimum absolute atomic E-state index is 0.0251. The van der Waals surface area contributed by atoms with Crippen molar-refractivity contribution < 1.29 is 14.3 Å². The molecule has 0 unspecified atom stereocenters. The van der Waals surface area contributed by atoms with Gasteiger partial charge < -0.3 is 4.74 Å². The zero-order chi connectivity index (χ0) is 25.1. The first-order valence-electron chi connectivity index (χ1n) is 14.2. The second-order valence-corrected chi connectivity index (χ2v) is 14.9. The van der Waals surface area contributed by atoms with Gasteiger partial charge in [-0.05, 0) is 97.2 Å². The van der Waals surface area contributed by atoms with Crippen LogP contribution in [0.1, 0.15) is 113 Å². The number of Topliss-reactive ketones (excluding diaryl/α,β-unsaturated/α-hetero) is 1. The summed E-state index contributed by atoms with van der Waals surface area (Å²) in [5, 5.41) is 0. The summed E-state index contributed by atoms with van der Waals surface area (Å²) < 4.78 is 5.22. The van der Waals surface area contributed by atoms with Gasteiger partial charge in [-0.15, -0.1) is 0 Å². The molecule has 0 saturated heterocycles. The molecule has 0 heterocycles. The maximum atomic E-state index is 14.2. The van der Waals surface area contributed by atoms with Crippen LogP contribution in [0.4, 0.5) is 0 Å². The van der Waals surface area contributed by atoms with Crippen LogP contribution >= 0.6 is 15.9 Å². The predicted octanol–water partition coefficient (Wildman–Crippen LogP) is 7.98. The van der Waals surface area contributed by atoms with Crippen LogP contribution in [0.5, 0.6) is 0 Å². The van der Waals surface area contributed by atoms with Crippen LogP contribution in [0.3, 0.4) is 0 Å². The highest BCUT2D eigenvalue weighted by atomic mass is 79.9. The highest BCUT2D eigenvalue weighted by molar-refractivity contribution is 9.10. The van der Waals surface area contributed by atoms with Crippen molar-refractivity contribution in [3.8, 4) is 0 Å². The van der Waals surface area contributed by atoms with Gasteiger partial charge in [0.05, 0.1) is 4.32 Å². The minimum Gasteiger partial charge on any atom is -0.463 e. The summed E-state index contributed by atoms with van der Waals surface area (Å²) in [6, 6.07) is 0. The van der Waals surface area contributed by atoms with E-state index in [-0.39, 0.29) is 22.9 Å². The molecule has 0 radical (unpaired) electrons. The van der Waals surface area contributed by atoms with Gasteiger partial charge in [-0.2, -0.15) is 0 Å². The number of ether oxygens (including phenoxy) is 1. The average Bonchev–Trinajstić information content (AvgIpc) is 3.09. The van der Waals surface area contributed by atoms with Crippen molar-refractivity contribution in [2.24, 2.45) is 52.3 Å². The summed E-state index contributed by atoms with van der Waals surface area (Å²) in [7, 11) is 0. The fourth-order valence-corrected chi connectivity index (χ4v) is 10.5. The molecule has 4 rings (SSSR count). The molecular formula is C30H49BrO3. The van der Waals surface area contributed by atoms with Crippen molar-refractivity contribution >= 4 is 27.7 Å². The third-order valence-electron chi connectivity index (χ3n) is 11.8. The third-order valence-corrected chi connectivity index (χ3v) is 13.7. The number of alkyl halides is 1. The molecule has 4 fully saturated rings. The van der Waals surface area contributed by atoms with E-state index in [9.17, 15) is 9.59 Å². The van der Waals surface area contributed by atoms with E-state index in [2.05, 4.69) is 57.5 Å². The van der Waals surface area contributed by atoms with E-state index >= 15 is 0 Å². The summed E-state index contributed by atoms with van der Waals surface area (Å²) in [5.74, 6) is 4.72. The Balaban J connectivity index is 1.54. The van der Waals surface area contributed by atoms with Crippen LogP contribution in [0.15, 0.2) is 0 Å². The molecule has 4 aliphatic carbocycles. The van der Waals surface area contributed by atoms with Gasteiger partial charge in [-0.3, -0.25) is 9.59 Å². The van der Waals surface area contributed by atoms with Crippen molar-refractivity contribution in [2.75, 3.05) is 0 Å². The summed E-state index contributed by atoms with van der Waals surface area (Å²) in [6.07, 6.45) is 11.0. The van der Waals surface area contributed by atoms with Crippen molar-refractivity contribution in [2.45, 2.75) is 123 Å². The van der Waals surface area contributed by atoms with Gasteiger partial charge in [0.2, 0.25) is 0 Å². The quantitative estimate of drug-likeness (QED) is 0.255. The highest BCUT2D eigenvalue weighted by Gasteiger charge is 2.70. The van der Waals surface area contributed by atoms with Gasteiger partial charge in [0.15, 0.2) is 5.78 Å². The number of fused-ring (bicyclic) bond motifs is 5. The molecular weight excluding hydrogens is 488 g/mol. The summed E-state index contributed by atoms with van der Waals surface area (Å²) in [6.45, 7) is 15.9. The molecule has 10 atom stereocenters. The van der Waals surface area contributed by atoms with Gasteiger partial charge in [-0.1, -0.05) is 70.3 Å². The molecule has 0 bridgehead atoms. The van der Waals surface area contributed by atoms with Gasteiger partial charge in [-0.25, -0.2) is 0 Å². The molecule has 0 aromatic rings. The number of hydrogen-bond donors (Lipinski definition) is 0. The first kappa shape index (κ1) is 26.7. The summed E-state index contributed by atoms with van der Waals surface area (Å²) >= 11 is 4.23. The molecule has 0 spiro atoms. The average molecular weight is 538 g/mol. The van der Waals surface area contributed by atoms with E-state index in [4.69, 9.17) is 4.74 Å². The second-order valence-electron chi connectivity index (χ2n) is 13.7. The maximum absolute atomic E-state index is 14.2.